The lowest BCUT2D eigenvalue weighted by atomic mass is 9.65. The van der Waals surface area contributed by atoms with Crippen LogP contribution in [-0.2, 0) is 5.41 Å². The number of hydrogen-bond donors (Lipinski definition) is 0. The average Bonchev–Trinajstić information content (AvgIpc) is 3.36. The van der Waals surface area contributed by atoms with Crippen LogP contribution in [0.1, 0.15) is 33.4 Å². The lowest BCUT2D eigenvalue weighted by Gasteiger charge is -2.39. The van der Waals surface area contributed by atoms with E-state index in [0.29, 0.717) is 68.2 Å². The third kappa shape index (κ3) is 4.27. The fraction of sp³-hybridized carbons (Fsp3) is 0.243. The van der Waals surface area contributed by atoms with E-state index in [-0.39, 0.29) is 0 Å². The fourth-order valence-corrected chi connectivity index (χ4v) is 6.86. The van der Waals surface area contributed by atoms with E-state index < -0.39 is 5.41 Å². The van der Waals surface area contributed by atoms with Gasteiger partial charge >= 0.3 is 0 Å². The summed E-state index contributed by atoms with van der Waals surface area (Å²) in [5.41, 5.74) is 5.43. The molecule has 4 aromatic carbocycles. The summed E-state index contributed by atoms with van der Waals surface area (Å²) < 4.78 is 49.0. The Bertz CT molecular complexity index is 1660. The van der Waals surface area contributed by atoms with Crippen LogP contribution in [0.15, 0.2) is 74.2 Å². The Kier molecular flexibility index (Phi) is 8.60. The zero-order valence-electron chi connectivity index (χ0n) is 27.0. The third-order valence-electron chi connectivity index (χ3n) is 8.42. The number of fused-ring (bicyclic) bond motifs is 3. The van der Waals surface area contributed by atoms with Gasteiger partial charge in [-0.25, -0.2) is 0 Å². The second-order valence-electron chi connectivity index (χ2n) is 10.3. The summed E-state index contributed by atoms with van der Waals surface area (Å²) in [5, 5.41) is 0. The molecule has 1 aliphatic rings. The Morgan fingerprint density at radius 3 is 1.11 bits per heavy atom. The van der Waals surface area contributed by atoms with Crippen molar-refractivity contribution in [2.75, 3.05) is 42.7 Å². The van der Waals surface area contributed by atoms with Crippen LogP contribution in [0.3, 0.4) is 0 Å². The monoisotopic (exact) mass is 610 g/mol. The van der Waals surface area contributed by atoms with Crippen molar-refractivity contribution in [3.8, 4) is 57.1 Å². The van der Waals surface area contributed by atoms with Gasteiger partial charge in [-0.05, 0) is 36.1 Å². The minimum atomic E-state index is -1.17. The quantitative estimate of drug-likeness (QED) is 0.133. The molecular formula is C37H38O8. The van der Waals surface area contributed by atoms with Gasteiger partial charge in [0.2, 0.25) is 11.5 Å². The predicted molar refractivity (Wildman–Crippen MR) is 174 cm³/mol. The largest absolute Gasteiger partial charge is 0.496 e. The van der Waals surface area contributed by atoms with Crippen LogP contribution < -0.4 is 37.9 Å². The molecule has 0 amide bonds. The molecule has 234 valence electrons. The molecule has 0 bridgehead atoms. The molecular weight excluding hydrogens is 572 g/mol. The summed E-state index contributed by atoms with van der Waals surface area (Å²) in [4.78, 5) is 0. The molecule has 0 saturated heterocycles. The highest BCUT2D eigenvalue weighted by molar-refractivity contribution is 5.91. The summed E-state index contributed by atoms with van der Waals surface area (Å²) in [6.07, 6.45) is 2.69. The fourth-order valence-electron chi connectivity index (χ4n) is 6.86. The molecule has 0 saturated carbocycles. The third-order valence-corrected chi connectivity index (χ3v) is 8.42. The summed E-state index contributed by atoms with van der Waals surface area (Å²) in [6.45, 7) is 11.4. The lowest BCUT2D eigenvalue weighted by Crippen LogP contribution is -2.32. The smallest absolute Gasteiger partial charge is 0.204 e. The van der Waals surface area contributed by atoms with Crippen molar-refractivity contribution in [1.29, 1.82) is 0 Å². The number of ether oxygens (including phenoxy) is 8. The first kappa shape index (κ1) is 31.2. The molecule has 0 N–H and O–H groups in total. The lowest BCUT2D eigenvalue weighted by molar-refractivity contribution is 0.311. The molecule has 0 atom stereocenters. The van der Waals surface area contributed by atoms with Crippen LogP contribution in [0.25, 0.3) is 11.1 Å². The van der Waals surface area contributed by atoms with Crippen molar-refractivity contribution in [2.24, 2.45) is 0 Å². The zero-order valence-corrected chi connectivity index (χ0v) is 27.0. The molecule has 0 aliphatic heterocycles. The summed E-state index contributed by atoms with van der Waals surface area (Å²) in [6, 6.07) is 16.5. The van der Waals surface area contributed by atoms with Crippen molar-refractivity contribution < 1.29 is 37.9 Å². The van der Waals surface area contributed by atoms with Crippen molar-refractivity contribution in [2.45, 2.75) is 19.3 Å². The SMILES string of the molecule is C=COc1c(C)c(OC)c(C2(c3c(OC)c(C)c(OC=C)c(OC)c3OC)c3ccccc3-c3ccccc32)c(OC)c1OC. The van der Waals surface area contributed by atoms with Crippen LogP contribution in [-0.4, -0.2) is 42.7 Å². The van der Waals surface area contributed by atoms with Crippen molar-refractivity contribution in [1.82, 2.24) is 0 Å². The summed E-state index contributed by atoms with van der Waals surface area (Å²) in [5.74, 6) is 3.42. The van der Waals surface area contributed by atoms with Gasteiger partial charge in [0.1, 0.15) is 11.5 Å². The van der Waals surface area contributed by atoms with Crippen LogP contribution in [0.5, 0.6) is 46.0 Å². The van der Waals surface area contributed by atoms with Gasteiger partial charge < -0.3 is 37.9 Å². The van der Waals surface area contributed by atoms with Crippen LogP contribution in [0.4, 0.5) is 0 Å². The van der Waals surface area contributed by atoms with E-state index in [4.69, 9.17) is 37.9 Å². The molecule has 8 heteroatoms. The van der Waals surface area contributed by atoms with E-state index in [9.17, 15) is 0 Å². The maximum atomic E-state index is 6.29. The van der Waals surface area contributed by atoms with E-state index in [1.807, 2.05) is 38.1 Å². The molecule has 0 fully saturated rings. The topological polar surface area (TPSA) is 73.8 Å². The zero-order chi connectivity index (χ0) is 32.5. The van der Waals surface area contributed by atoms with Crippen LogP contribution in [0.2, 0.25) is 0 Å². The van der Waals surface area contributed by atoms with Gasteiger partial charge in [0.25, 0.3) is 0 Å². The summed E-state index contributed by atoms with van der Waals surface area (Å²) >= 11 is 0. The molecule has 45 heavy (non-hydrogen) atoms. The first-order valence-corrected chi connectivity index (χ1v) is 14.3. The predicted octanol–water partition coefficient (Wildman–Crippen LogP) is 7.76. The van der Waals surface area contributed by atoms with E-state index in [1.54, 1.807) is 42.7 Å². The van der Waals surface area contributed by atoms with Crippen molar-refractivity contribution >= 4 is 0 Å². The molecule has 0 aromatic heterocycles. The van der Waals surface area contributed by atoms with Gasteiger partial charge in [-0.1, -0.05) is 61.7 Å². The van der Waals surface area contributed by atoms with E-state index in [0.717, 1.165) is 22.3 Å². The Hall–Kier alpha value is -5.24. The van der Waals surface area contributed by atoms with Gasteiger partial charge in [0.15, 0.2) is 23.0 Å². The molecule has 0 heterocycles. The number of rotatable bonds is 12. The molecule has 1 aliphatic carbocycles. The van der Waals surface area contributed by atoms with Crippen molar-refractivity contribution in [3.05, 3.63) is 108 Å². The molecule has 0 radical (unpaired) electrons. The number of hydrogen-bond acceptors (Lipinski definition) is 8. The molecule has 4 aromatic rings. The highest BCUT2D eigenvalue weighted by atomic mass is 16.5. The maximum Gasteiger partial charge on any atom is 0.204 e. The highest BCUT2D eigenvalue weighted by Crippen LogP contribution is 2.67. The normalized spacial score (nSPS) is 12.4. The van der Waals surface area contributed by atoms with Gasteiger partial charge in [-0.15, -0.1) is 0 Å². The van der Waals surface area contributed by atoms with E-state index >= 15 is 0 Å². The standard InChI is InChI=1S/C37H38O8/c1-11-44-31-21(3)29(38-5)27(33(40-7)35(31)42-9)37(25-19-15-13-17-23(25)24-18-14-16-20-26(24)37)28-30(39-6)22(4)32(45-12-2)36(43-10)34(28)41-8/h11-20H,1-2H2,3-10H3. The Morgan fingerprint density at radius 2 is 0.800 bits per heavy atom. The van der Waals surface area contributed by atoms with Crippen molar-refractivity contribution in [3.63, 3.8) is 0 Å². The van der Waals surface area contributed by atoms with Crippen LogP contribution >= 0.6 is 0 Å². The summed E-state index contributed by atoms with van der Waals surface area (Å²) in [7, 11) is 9.57. The maximum absolute atomic E-state index is 6.29. The number of benzene rings is 4. The number of methoxy groups -OCH3 is 6. The second kappa shape index (κ2) is 12.4. The van der Waals surface area contributed by atoms with Gasteiger partial charge in [0.05, 0.1) is 71.7 Å². The minimum Gasteiger partial charge on any atom is -0.496 e. The molecule has 0 spiro atoms. The van der Waals surface area contributed by atoms with Gasteiger partial charge in [-0.2, -0.15) is 0 Å². The Labute approximate surface area is 264 Å². The van der Waals surface area contributed by atoms with E-state index in [2.05, 4.69) is 37.4 Å². The minimum absolute atomic E-state index is 0.375. The Balaban J connectivity index is 2.20. The molecule has 8 nitrogen and oxygen atoms in total. The van der Waals surface area contributed by atoms with Gasteiger partial charge in [-0.3, -0.25) is 0 Å². The Morgan fingerprint density at radius 1 is 0.467 bits per heavy atom. The van der Waals surface area contributed by atoms with Crippen LogP contribution in [0, 0.1) is 13.8 Å². The molecule has 0 unspecified atom stereocenters. The first-order chi connectivity index (χ1) is 21.9. The molecule has 5 rings (SSSR count). The average molecular weight is 611 g/mol. The second-order valence-corrected chi connectivity index (χ2v) is 10.3. The van der Waals surface area contributed by atoms with E-state index in [1.165, 1.54) is 12.5 Å². The first-order valence-electron chi connectivity index (χ1n) is 14.3. The highest BCUT2D eigenvalue weighted by Gasteiger charge is 2.55. The van der Waals surface area contributed by atoms with Gasteiger partial charge in [0, 0.05) is 11.1 Å².